The molecule has 2 aromatic rings. The van der Waals surface area contributed by atoms with E-state index in [-0.39, 0.29) is 18.9 Å². The first-order valence-electron chi connectivity index (χ1n) is 7.13. The minimum atomic E-state index is -0.978. The molecule has 1 N–H and O–H groups in total. The highest BCUT2D eigenvalue weighted by Crippen LogP contribution is 2.23. The van der Waals surface area contributed by atoms with E-state index in [1.165, 1.54) is 11.8 Å². The van der Waals surface area contributed by atoms with Crippen LogP contribution in [0.4, 0.5) is 0 Å². The lowest BCUT2D eigenvalue weighted by molar-refractivity contribution is -0.150. The second-order valence-electron chi connectivity index (χ2n) is 5.46. The Morgan fingerprint density at radius 3 is 2.68 bits per heavy atom. The van der Waals surface area contributed by atoms with E-state index in [4.69, 9.17) is 0 Å². The number of amides is 1. The molecule has 0 saturated carbocycles. The first-order chi connectivity index (χ1) is 10.6. The molecule has 6 nitrogen and oxygen atoms in total. The summed E-state index contributed by atoms with van der Waals surface area (Å²) in [6.45, 7) is 2.29. The van der Waals surface area contributed by atoms with Gasteiger partial charge in [-0.3, -0.25) is 4.79 Å². The zero-order chi connectivity index (χ0) is 15.7. The fourth-order valence-corrected chi connectivity index (χ4v) is 2.85. The Labute approximate surface area is 128 Å². The molecule has 0 spiro atoms. The molecule has 3 rings (SSSR count). The van der Waals surface area contributed by atoms with Gasteiger partial charge in [-0.15, -0.1) is 0 Å². The molecule has 22 heavy (non-hydrogen) atoms. The number of imidazole rings is 1. The average Bonchev–Trinajstić information content (AvgIpc) is 2.89. The fraction of sp³-hybridized carbons (Fsp3) is 0.312. The summed E-state index contributed by atoms with van der Waals surface area (Å²) in [4.78, 5) is 28.8. The van der Waals surface area contributed by atoms with Crippen molar-refractivity contribution in [2.75, 3.05) is 0 Å². The van der Waals surface area contributed by atoms with Crippen LogP contribution in [-0.2, 0) is 29.1 Å². The zero-order valence-electron chi connectivity index (χ0n) is 12.3. The molecule has 1 aromatic heterocycles. The summed E-state index contributed by atoms with van der Waals surface area (Å²) >= 11 is 0. The number of aromatic nitrogens is 2. The van der Waals surface area contributed by atoms with Crippen LogP contribution in [0.5, 0.6) is 0 Å². The van der Waals surface area contributed by atoms with E-state index < -0.39 is 12.0 Å². The highest BCUT2D eigenvalue weighted by atomic mass is 16.4. The van der Waals surface area contributed by atoms with Crippen molar-refractivity contribution in [1.29, 1.82) is 0 Å². The monoisotopic (exact) mass is 299 g/mol. The number of benzene rings is 1. The lowest BCUT2D eigenvalue weighted by atomic mass is 10.0. The summed E-state index contributed by atoms with van der Waals surface area (Å²) in [6, 6.07) is 9.11. The standard InChI is InChI=1S/C16H17N3O3/c1-11(20)19-9-13-14(7-15(19)16(21)22)18(10-17-13)8-12-5-3-2-4-6-12/h2-6,10,15H,7-9H2,1H3,(H,21,22)/t15-/m0/s1. The van der Waals surface area contributed by atoms with E-state index in [1.807, 2.05) is 34.9 Å². The Balaban J connectivity index is 1.90. The maximum absolute atomic E-state index is 11.6. The minimum absolute atomic E-state index is 0.240. The number of fused-ring (bicyclic) bond motifs is 1. The van der Waals surface area contributed by atoms with Gasteiger partial charge in [-0.1, -0.05) is 30.3 Å². The minimum Gasteiger partial charge on any atom is -0.480 e. The van der Waals surface area contributed by atoms with Gasteiger partial charge in [0, 0.05) is 25.6 Å². The number of carboxylic acids is 1. The SMILES string of the molecule is CC(=O)N1Cc2ncn(Cc3ccccc3)c2C[C@H]1C(=O)O. The summed E-state index contributed by atoms with van der Waals surface area (Å²) in [5.74, 6) is -1.22. The molecule has 0 unspecified atom stereocenters. The lowest BCUT2D eigenvalue weighted by Crippen LogP contribution is -2.48. The molecule has 1 aliphatic heterocycles. The van der Waals surface area contributed by atoms with Crippen molar-refractivity contribution in [2.45, 2.75) is 32.5 Å². The van der Waals surface area contributed by atoms with E-state index in [9.17, 15) is 14.7 Å². The maximum atomic E-state index is 11.6. The second kappa shape index (κ2) is 5.63. The van der Waals surface area contributed by atoms with Gasteiger partial charge >= 0.3 is 5.97 Å². The smallest absolute Gasteiger partial charge is 0.326 e. The van der Waals surface area contributed by atoms with Gasteiger partial charge in [-0.25, -0.2) is 9.78 Å². The molecule has 0 fully saturated rings. The number of carbonyl (C=O) groups excluding carboxylic acids is 1. The maximum Gasteiger partial charge on any atom is 0.326 e. The zero-order valence-corrected chi connectivity index (χ0v) is 12.3. The van der Waals surface area contributed by atoms with Crippen molar-refractivity contribution in [1.82, 2.24) is 14.5 Å². The van der Waals surface area contributed by atoms with Gasteiger partial charge < -0.3 is 14.6 Å². The van der Waals surface area contributed by atoms with Crippen molar-refractivity contribution in [2.24, 2.45) is 0 Å². The number of rotatable bonds is 3. The third-order valence-corrected chi connectivity index (χ3v) is 4.00. The van der Waals surface area contributed by atoms with Gasteiger partial charge in [-0.2, -0.15) is 0 Å². The number of hydrogen-bond donors (Lipinski definition) is 1. The van der Waals surface area contributed by atoms with Crippen LogP contribution in [0.25, 0.3) is 0 Å². The van der Waals surface area contributed by atoms with E-state index >= 15 is 0 Å². The Kier molecular flexibility index (Phi) is 3.66. The molecule has 1 aromatic carbocycles. The van der Waals surface area contributed by atoms with Crippen LogP contribution < -0.4 is 0 Å². The van der Waals surface area contributed by atoms with Crippen LogP contribution in [0.3, 0.4) is 0 Å². The summed E-state index contributed by atoms with van der Waals surface area (Å²) in [5.41, 5.74) is 2.81. The van der Waals surface area contributed by atoms with Crippen molar-refractivity contribution in [3.63, 3.8) is 0 Å². The fourth-order valence-electron chi connectivity index (χ4n) is 2.85. The van der Waals surface area contributed by atoms with Crippen LogP contribution in [0.15, 0.2) is 36.7 Å². The largest absolute Gasteiger partial charge is 0.480 e. The summed E-state index contributed by atoms with van der Waals surface area (Å²) in [7, 11) is 0. The van der Waals surface area contributed by atoms with E-state index in [1.54, 1.807) is 6.33 Å². The van der Waals surface area contributed by atoms with Crippen molar-refractivity contribution < 1.29 is 14.7 Å². The van der Waals surface area contributed by atoms with Gasteiger partial charge in [0.05, 0.1) is 18.6 Å². The Morgan fingerprint density at radius 2 is 2.05 bits per heavy atom. The molecule has 0 bridgehead atoms. The number of carboxylic acid groups (broad SMARTS) is 1. The van der Waals surface area contributed by atoms with Gasteiger partial charge in [0.25, 0.3) is 0 Å². The predicted octanol–water partition coefficient (Wildman–Crippen LogP) is 1.29. The summed E-state index contributed by atoms with van der Waals surface area (Å²) < 4.78 is 1.97. The van der Waals surface area contributed by atoms with Crippen LogP contribution in [-0.4, -0.2) is 37.5 Å². The third-order valence-electron chi connectivity index (χ3n) is 4.00. The first-order valence-corrected chi connectivity index (χ1v) is 7.13. The van der Waals surface area contributed by atoms with Crippen LogP contribution >= 0.6 is 0 Å². The first kappa shape index (κ1) is 14.3. The van der Waals surface area contributed by atoms with Crippen molar-refractivity contribution >= 4 is 11.9 Å². The molecular formula is C16H17N3O3. The molecule has 6 heteroatoms. The van der Waals surface area contributed by atoms with Gasteiger partial charge in [0.2, 0.25) is 5.91 Å². The molecule has 0 radical (unpaired) electrons. The van der Waals surface area contributed by atoms with Crippen LogP contribution in [0.2, 0.25) is 0 Å². The molecule has 0 aliphatic carbocycles. The number of nitrogens with zero attached hydrogens (tertiary/aromatic N) is 3. The predicted molar refractivity (Wildman–Crippen MR) is 79.1 cm³/mol. The lowest BCUT2D eigenvalue weighted by Gasteiger charge is -2.32. The average molecular weight is 299 g/mol. The molecule has 114 valence electrons. The number of carbonyl (C=O) groups is 2. The molecule has 1 atom stereocenters. The van der Waals surface area contributed by atoms with Crippen molar-refractivity contribution in [3.05, 3.63) is 53.6 Å². The molecule has 1 amide bonds. The van der Waals surface area contributed by atoms with Crippen LogP contribution in [0, 0.1) is 0 Å². The van der Waals surface area contributed by atoms with E-state index in [2.05, 4.69) is 4.98 Å². The van der Waals surface area contributed by atoms with E-state index in [0.717, 1.165) is 17.0 Å². The van der Waals surface area contributed by atoms with Crippen molar-refractivity contribution in [3.8, 4) is 0 Å². The Bertz CT molecular complexity index is 709. The van der Waals surface area contributed by atoms with E-state index in [0.29, 0.717) is 6.54 Å². The van der Waals surface area contributed by atoms with Gasteiger partial charge in [0.1, 0.15) is 6.04 Å². The van der Waals surface area contributed by atoms with Crippen LogP contribution in [0.1, 0.15) is 23.9 Å². The quantitative estimate of drug-likeness (QED) is 0.926. The second-order valence-corrected chi connectivity index (χ2v) is 5.46. The highest BCUT2D eigenvalue weighted by molar-refractivity contribution is 5.83. The Hall–Kier alpha value is -2.63. The summed E-state index contributed by atoms with van der Waals surface area (Å²) in [6.07, 6.45) is 2.01. The molecule has 0 saturated heterocycles. The molecular weight excluding hydrogens is 282 g/mol. The molecule has 1 aliphatic rings. The highest BCUT2D eigenvalue weighted by Gasteiger charge is 2.35. The third kappa shape index (κ3) is 2.59. The number of hydrogen-bond acceptors (Lipinski definition) is 3. The summed E-state index contributed by atoms with van der Waals surface area (Å²) in [5, 5.41) is 9.38. The topological polar surface area (TPSA) is 75.4 Å². The normalized spacial score (nSPS) is 17.1. The van der Waals surface area contributed by atoms with Gasteiger partial charge in [-0.05, 0) is 5.56 Å². The molecule has 2 heterocycles. The van der Waals surface area contributed by atoms with Gasteiger partial charge in [0.15, 0.2) is 0 Å². The number of aliphatic carboxylic acids is 1. The Morgan fingerprint density at radius 1 is 1.32 bits per heavy atom.